The molecule has 0 atom stereocenters. The minimum absolute atomic E-state index is 0.199. The average Bonchev–Trinajstić information content (AvgIpc) is 2.76. The molecule has 0 saturated carbocycles. The molecule has 0 radical (unpaired) electrons. The van der Waals surface area contributed by atoms with Gasteiger partial charge in [-0.15, -0.1) is 0 Å². The Hall–Kier alpha value is -1.53. The zero-order valence-electron chi connectivity index (χ0n) is 11.3. The largest absolute Gasteiger partial charge is 0.380 e. The SMILES string of the molecule is Cc1ccc(CNc2cc3[nH]c(=O)[nH]c3cc2Br)c(Br)c1. The first-order valence-corrected chi connectivity index (χ1v) is 8.02. The third kappa shape index (κ3) is 3.06. The van der Waals surface area contributed by atoms with E-state index in [0.717, 1.165) is 25.7 Å². The van der Waals surface area contributed by atoms with E-state index in [1.165, 1.54) is 11.1 Å². The molecule has 0 amide bonds. The second-order valence-corrected chi connectivity index (χ2v) is 6.61. The van der Waals surface area contributed by atoms with Crippen LogP contribution in [0.25, 0.3) is 11.0 Å². The maximum Gasteiger partial charge on any atom is 0.323 e. The van der Waals surface area contributed by atoms with Crippen molar-refractivity contribution in [1.29, 1.82) is 0 Å². The minimum Gasteiger partial charge on any atom is -0.380 e. The Morgan fingerprint density at radius 2 is 1.76 bits per heavy atom. The van der Waals surface area contributed by atoms with E-state index in [9.17, 15) is 4.79 Å². The van der Waals surface area contributed by atoms with Gasteiger partial charge in [-0.1, -0.05) is 28.1 Å². The van der Waals surface area contributed by atoms with Crippen molar-refractivity contribution in [3.05, 3.63) is 60.9 Å². The van der Waals surface area contributed by atoms with Crippen LogP contribution in [0.4, 0.5) is 5.69 Å². The average molecular weight is 411 g/mol. The number of H-pyrrole nitrogens is 2. The van der Waals surface area contributed by atoms with Crippen LogP contribution in [0, 0.1) is 6.92 Å². The molecule has 3 N–H and O–H groups in total. The van der Waals surface area contributed by atoms with Gasteiger partial charge in [0, 0.05) is 15.5 Å². The fourth-order valence-corrected chi connectivity index (χ4v) is 3.29. The summed E-state index contributed by atoms with van der Waals surface area (Å²) >= 11 is 7.10. The lowest BCUT2D eigenvalue weighted by Gasteiger charge is -2.11. The molecule has 0 aliphatic rings. The number of aromatic amines is 2. The van der Waals surface area contributed by atoms with E-state index < -0.39 is 0 Å². The Morgan fingerprint density at radius 3 is 2.48 bits per heavy atom. The number of hydrogen-bond donors (Lipinski definition) is 3. The Morgan fingerprint density at radius 1 is 1.05 bits per heavy atom. The van der Waals surface area contributed by atoms with E-state index in [0.29, 0.717) is 6.54 Å². The summed E-state index contributed by atoms with van der Waals surface area (Å²) in [6.45, 7) is 2.76. The van der Waals surface area contributed by atoms with Gasteiger partial charge in [0.1, 0.15) is 0 Å². The summed E-state index contributed by atoms with van der Waals surface area (Å²) in [5.74, 6) is 0. The van der Waals surface area contributed by atoms with Gasteiger partial charge in [0.05, 0.1) is 16.7 Å². The summed E-state index contributed by atoms with van der Waals surface area (Å²) < 4.78 is 2.00. The van der Waals surface area contributed by atoms with Crippen molar-refractivity contribution in [2.24, 2.45) is 0 Å². The molecule has 108 valence electrons. The molecule has 0 aliphatic carbocycles. The van der Waals surface area contributed by atoms with Crippen molar-refractivity contribution in [1.82, 2.24) is 9.97 Å². The van der Waals surface area contributed by atoms with Gasteiger partial charge >= 0.3 is 5.69 Å². The monoisotopic (exact) mass is 409 g/mol. The lowest BCUT2D eigenvalue weighted by Crippen LogP contribution is -2.01. The third-order valence-electron chi connectivity index (χ3n) is 3.28. The van der Waals surface area contributed by atoms with Gasteiger partial charge < -0.3 is 15.3 Å². The number of halogens is 2. The molecule has 0 spiro atoms. The quantitative estimate of drug-likeness (QED) is 0.602. The van der Waals surface area contributed by atoms with Gasteiger partial charge in [-0.3, -0.25) is 0 Å². The number of aryl methyl sites for hydroxylation is 1. The molecule has 1 heterocycles. The molecule has 0 unspecified atom stereocenters. The smallest absolute Gasteiger partial charge is 0.323 e. The van der Waals surface area contributed by atoms with E-state index in [4.69, 9.17) is 0 Å². The first kappa shape index (κ1) is 14.4. The molecule has 0 bridgehead atoms. The maximum absolute atomic E-state index is 11.3. The number of imidazole rings is 1. The lowest BCUT2D eigenvalue weighted by molar-refractivity contribution is 1.13. The van der Waals surface area contributed by atoms with Crippen molar-refractivity contribution in [3.8, 4) is 0 Å². The number of nitrogens with one attached hydrogen (secondary N) is 3. The predicted octanol–water partition coefficient (Wildman–Crippen LogP) is 4.30. The van der Waals surface area contributed by atoms with E-state index >= 15 is 0 Å². The Bertz CT molecular complexity index is 867. The molecule has 1 aromatic heterocycles. The van der Waals surface area contributed by atoms with Crippen LogP contribution in [0.5, 0.6) is 0 Å². The Balaban J connectivity index is 1.87. The van der Waals surface area contributed by atoms with E-state index in [2.05, 4.69) is 72.3 Å². The van der Waals surface area contributed by atoms with Crippen molar-refractivity contribution in [3.63, 3.8) is 0 Å². The summed E-state index contributed by atoms with van der Waals surface area (Å²) in [5, 5.41) is 3.38. The summed E-state index contributed by atoms with van der Waals surface area (Å²) in [6.07, 6.45) is 0. The number of hydrogen-bond acceptors (Lipinski definition) is 2. The minimum atomic E-state index is -0.199. The molecule has 6 heteroatoms. The molecule has 0 saturated heterocycles. The Kier molecular flexibility index (Phi) is 3.91. The highest BCUT2D eigenvalue weighted by Crippen LogP contribution is 2.27. The van der Waals surface area contributed by atoms with Gasteiger partial charge in [0.15, 0.2) is 0 Å². The first-order chi connectivity index (χ1) is 10.0. The van der Waals surface area contributed by atoms with Gasteiger partial charge in [0.2, 0.25) is 0 Å². The van der Waals surface area contributed by atoms with Gasteiger partial charge in [-0.05, 0) is 52.2 Å². The second-order valence-electron chi connectivity index (χ2n) is 4.91. The summed E-state index contributed by atoms with van der Waals surface area (Å²) in [4.78, 5) is 16.8. The zero-order chi connectivity index (χ0) is 15.0. The highest BCUT2D eigenvalue weighted by molar-refractivity contribution is 9.11. The zero-order valence-corrected chi connectivity index (χ0v) is 14.4. The molecule has 3 aromatic rings. The van der Waals surface area contributed by atoms with Crippen LogP contribution < -0.4 is 11.0 Å². The number of rotatable bonds is 3. The molecule has 21 heavy (non-hydrogen) atoms. The van der Waals surface area contributed by atoms with Crippen molar-refractivity contribution in [2.45, 2.75) is 13.5 Å². The number of fused-ring (bicyclic) bond motifs is 1. The van der Waals surface area contributed by atoms with E-state index in [1.54, 1.807) is 0 Å². The highest BCUT2D eigenvalue weighted by Gasteiger charge is 2.06. The standard InChI is InChI=1S/C15H13Br2N3O/c1-8-2-3-9(10(16)4-8)7-18-12-6-14-13(5-11(12)17)19-15(21)20-14/h2-6,18H,7H2,1H3,(H2,19,20,21). The topological polar surface area (TPSA) is 60.7 Å². The fourth-order valence-electron chi connectivity index (χ4n) is 2.18. The number of aromatic nitrogens is 2. The predicted molar refractivity (Wildman–Crippen MR) is 92.8 cm³/mol. The van der Waals surface area contributed by atoms with Gasteiger partial charge in [0.25, 0.3) is 0 Å². The summed E-state index contributed by atoms with van der Waals surface area (Å²) in [6, 6.07) is 10.1. The third-order valence-corrected chi connectivity index (χ3v) is 4.68. The molecule has 0 fully saturated rings. The maximum atomic E-state index is 11.3. The van der Waals surface area contributed by atoms with Crippen LogP contribution in [0.2, 0.25) is 0 Å². The van der Waals surface area contributed by atoms with Crippen LogP contribution in [-0.2, 0) is 6.54 Å². The van der Waals surface area contributed by atoms with Crippen LogP contribution in [-0.4, -0.2) is 9.97 Å². The fraction of sp³-hybridized carbons (Fsp3) is 0.133. The lowest BCUT2D eigenvalue weighted by atomic mass is 10.1. The van der Waals surface area contributed by atoms with Crippen LogP contribution in [0.15, 0.2) is 44.1 Å². The van der Waals surface area contributed by atoms with E-state index in [1.807, 2.05) is 12.1 Å². The molecule has 0 aliphatic heterocycles. The van der Waals surface area contributed by atoms with Crippen molar-refractivity contribution in [2.75, 3.05) is 5.32 Å². The summed E-state index contributed by atoms with van der Waals surface area (Å²) in [7, 11) is 0. The molecular formula is C15H13Br2N3O. The molecule has 3 rings (SSSR count). The molecule has 2 aromatic carbocycles. The van der Waals surface area contributed by atoms with Crippen LogP contribution >= 0.6 is 31.9 Å². The highest BCUT2D eigenvalue weighted by atomic mass is 79.9. The van der Waals surface area contributed by atoms with Crippen LogP contribution in [0.3, 0.4) is 0 Å². The first-order valence-electron chi connectivity index (χ1n) is 6.43. The normalized spacial score (nSPS) is 11.0. The molecule has 4 nitrogen and oxygen atoms in total. The second kappa shape index (κ2) is 5.69. The number of anilines is 1. The van der Waals surface area contributed by atoms with E-state index in [-0.39, 0.29) is 5.69 Å². The number of benzene rings is 2. The Labute approximate surface area is 138 Å². The van der Waals surface area contributed by atoms with Gasteiger partial charge in [-0.2, -0.15) is 0 Å². The van der Waals surface area contributed by atoms with Crippen molar-refractivity contribution >= 4 is 48.6 Å². The van der Waals surface area contributed by atoms with Crippen LogP contribution in [0.1, 0.15) is 11.1 Å². The van der Waals surface area contributed by atoms with Gasteiger partial charge in [-0.25, -0.2) is 4.79 Å². The van der Waals surface area contributed by atoms with Crippen molar-refractivity contribution < 1.29 is 0 Å². The summed E-state index contributed by atoms with van der Waals surface area (Å²) in [5.41, 5.74) is 4.71. The molecular weight excluding hydrogens is 398 g/mol.